The fraction of sp³-hybridized carbons (Fsp3) is 0.333. The molecule has 5 nitrogen and oxygen atoms in total. The van der Waals surface area contributed by atoms with E-state index in [0.29, 0.717) is 17.9 Å². The molecule has 128 valence electrons. The molecule has 0 radical (unpaired) electrons. The maximum atomic E-state index is 12.5. The SMILES string of the molecule is CCc1ccc(S(=O)(=O)N[C@H]2COc3c(cccc3OC)C2)cc1. The van der Waals surface area contributed by atoms with E-state index in [-0.39, 0.29) is 17.5 Å². The fourth-order valence-corrected chi connectivity index (χ4v) is 4.04. The summed E-state index contributed by atoms with van der Waals surface area (Å²) >= 11 is 0. The van der Waals surface area contributed by atoms with Crippen molar-refractivity contribution in [1.29, 1.82) is 0 Å². The van der Waals surface area contributed by atoms with Gasteiger partial charge in [0.1, 0.15) is 6.61 Å². The van der Waals surface area contributed by atoms with Crippen LogP contribution in [-0.4, -0.2) is 28.2 Å². The van der Waals surface area contributed by atoms with Gasteiger partial charge in [0.15, 0.2) is 11.5 Å². The number of para-hydroxylation sites is 1. The van der Waals surface area contributed by atoms with Crippen LogP contribution in [0.25, 0.3) is 0 Å². The molecule has 0 saturated carbocycles. The molecule has 1 atom stereocenters. The van der Waals surface area contributed by atoms with Gasteiger partial charge in [-0.2, -0.15) is 0 Å². The number of hydrogen-bond acceptors (Lipinski definition) is 4. The van der Waals surface area contributed by atoms with Gasteiger partial charge in [-0.25, -0.2) is 13.1 Å². The molecule has 2 aromatic rings. The van der Waals surface area contributed by atoms with Crippen molar-refractivity contribution in [2.45, 2.75) is 30.7 Å². The monoisotopic (exact) mass is 347 g/mol. The van der Waals surface area contributed by atoms with Crippen LogP contribution in [0.2, 0.25) is 0 Å². The first-order valence-corrected chi connectivity index (χ1v) is 9.41. The highest BCUT2D eigenvalue weighted by molar-refractivity contribution is 7.89. The van der Waals surface area contributed by atoms with Gasteiger partial charge in [-0.15, -0.1) is 0 Å². The lowest BCUT2D eigenvalue weighted by Crippen LogP contribution is -2.42. The van der Waals surface area contributed by atoms with Gasteiger partial charge in [0, 0.05) is 0 Å². The van der Waals surface area contributed by atoms with Crippen molar-refractivity contribution in [3.05, 3.63) is 53.6 Å². The zero-order valence-corrected chi connectivity index (χ0v) is 14.6. The molecule has 1 aliphatic rings. The first kappa shape index (κ1) is 16.8. The molecule has 1 aliphatic heterocycles. The smallest absolute Gasteiger partial charge is 0.240 e. The Morgan fingerprint density at radius 3 is 2.62 bits per heavy atom. The van der Waals surface area contributed by atoms with Gasteiger partial charge >= 0.3 is 0 Å². The second kappa shape index (κ2) is 6.83. The van der Waals surface area contributed by atoms with E-state index < -0.39 is 10.0 Å². The van der Waals surface area contributed by atoms with E-state index in [4.69, 9.17) is 9.47 Å². The molecule has 3 rings (SSSR count). The molecule has 24 heavy (non-hydrogen) atoms. The Hall–Kier alpha value is -2.05. The van der Waals surface area contributed by atoms with Crippen LogP contribution in [0.15, 0.2) is 47.4 Å². The number of fused-ring (bicyclic) bond motifs is 1. The van der Waals surface area contributed by atoms with Crippen LogP contribution in [0.3, 0.4) is 0 Å². The zero-order valence-electron chi connectivity index (χ0n) is 13.8. The van der Waals surface area contributed by atoms with Gasteiger partial charge in [-0.3, -0.25) is 0 Å². The Balaban J connectivity index is 1.76. The Labute approximate surface area is 142 Å². The Bertz CT molecular complexity index is 815. The number of aryl methyl sites for hydroxylation is 1. The normalized spacial score (nSPS) is 17.0. The largest absolute Gasteiger partial charge is 0.493 e. The summed E-state index contributed by atoms with van der Waals surface area (Å²) in [5.41, 5.74) is 2.05. The molecule has 0 amide bonds. The highest BCUT2D eigenvalue weighted by atomic mass is 32.2. The number of sulfonamides is 1. The molecule has 0 fully saturated rings. The van der Waals surface area contributed by atoms with Gasteiger partial charge in [-0.05, 0) is 42.2 Å². The average molecular weight is 347 g/mol. The lowest BCUT2D eigenvalue weighted by atomic mass is 10.0. The van der Waals surface area contributed by atoms with Crippen molar-refractivity contribution < 1.29 is 17.9 Å². The topological polar surface area (TPSA) is 64.6 Å². The third-order valence-electron chi connectivity index (χ3n) is 4.14. The standard InChI is InChI=1S/C18H21NO4S/c1-3-13-7-9-16(10-8-13)24(20,21)19-15-11-14-5-4-6-17(22-2)18(14)23-12-15/h4-10,15,19H,3,11-12H2,1-2H3/t15-/m1/s1. The third-order valence-corrected chi connectivity index (χ3v) is 5.68. The molecule has 0 aromatic heterocycles. The molecule has 1 heterocycles. The summed E-state index contributed by atoms with van der Waals surface area (Å²) in [6.45, 7) is 2.31. The van der Waals surface area contributed by atoms with Crippen molar-refractivity contribution >= 4 is 10.0 Å². The lowest BCUT2D eigenvalue weighted by Gasteiger charge is -2.27. The zero-order chi connectivity index (χ0) is 17.2. The maximum Gasteiger partial charge on any atom is 0.240 e. The summed E-state index contributed by atoms with van der Waals surface area (Å²) in [6.07, 6.45) is 1.45. The van der Waals surface area contributed by atoms with Crippen molar-refractivity contribution in [2.24, 2.45) is 0 Å². The van der Waals surface area contributed by atoms with E-state index in [1.165, 1.54) is 0 Å². The number of hydrogen-bond donors (Lipinski definition) is 1. The molecule has 6 heteroatoms. The molecule has 0 unspecified atom stereocenters. The molecule has 0 aliphatic carbocycles. The van der Waals surface area contributed by atoms with Gasteiger partial charge in [0.2, 0.25) is 10.0 Å². The number of methoxy groups -OCH3 is 1. The van der Waals surface area contributed by atoms with Crippen LogP contribution in [-0.2, 0) is 22.9 Å². The van der Waals surface area contributed by atoms with E-state index >= 15 is 0 Å². The van der Waals surface area contributed by atoms with E-state index in [9.17, 15) is 8.42 Å². The Kier molecular flexibility index (Phi) is 4.78. The van der Waals surface area contributed by atoms with E-state index in [2.05, 4.69) is 4.72 Å². The van der Waals surface area contributed by atoms with Gasteiger partial charge in [0.05, 0.1) is 18.0 Å². The minimum Gasteiger partial charge on any atom is -0.493 e. The molecular weight excluding hydrogens is 326 g/mol. The summed E-state index contributed by atoms with van der Waals surface area (Å²) in [6, 6.07) is 12.3. The minimum atomic E-state index is -3.56. The van der Waals surface area contributed by atoms with Crippen LogP contribution in [0.1, 0.15) is 18.1 Å². The van der Waals surface area contributed by atoms with Crippen molar-refractivity contribution in [2.75, 3.05) is 13.7 Å². The summed E-state index contributed by atoms with van der Waals surface area (Å²) in [4.78, 5) is 0.274. The lowest BCUT2D eigenvalue weighted by molar-refractivity contribution is 0.240. The second-order valence-electron chi connectivity index (χ2n) is 5.78. The molecule has 0 spiro atoms. The number of rotatable bonds is 5. The molecule has 2 aromatic carbocycles. The molecule has 0 bridgehead atoms. The second-order valence-corrected chi connectivity index (χ2v) is 7.49. The number of ether oxygens (including phenoxy) is 2. The minimum absolute atomic E-state index is 0.274. The highest BCUT2D eigenvalue weighted by Crippen LogP contribution is 2.34. The summed E-state index contributed by atoms with van der Waals surface area (Å²) < 4.78 is 38.8. The van der Waals surface area contributed by atoms with Crippen LogP contribution in [0, 0.1) is 0 Å². The maximum absolute atomic E-state index is 12.5. The summed E-state index contributed by atoms with van der Waals surface area (Å²) in [7, 11) is -1.97. The Morgan fingerprint density at radius 2 is 1.96 bits per heavy atom. The van der Waals surface area contributed by atoms with E-state index in [0.717, 1.165) is 17.5 Å². The average Bonchev–Trinajstić information content (AvgIpc) is 2.60. The molecular formula is C18H21NO4S. The van der Waals surface area contributed by atoms with Crippen molar-refractivity contribution in [3.63, 3.8) is 0 Å². The van der Waals surface area contributed by atoms with E-state index in [1.807, 2.05) is 37.3 Å². The third kappa shape index (κ3) is 3.39. The van der Waals surface area contributed by atoms with Crippen molar-refractivity contribution in [3.8, 4) is 11.5 Å². The van der Waals surface area contributed by atoms with Gasteiger partial charge < -0.3 is 9.47 Å². The summed E-state index contributed by atoms with van der Waals surface area (Å²) in [5, 5.41) is 0. The van der Waals surface area contributed by atoms with Crippen LogP contribution < -0.4 is 14.2 Å². The number of nitrogens with one attached hydrogen (secondary N) is 1. The van der Waals surface area contributed by atoms with Crippen LogP contribution in [0.4, 0.5) is 0 Å². The predicted molar refractivity (Wildman–Crippen MR) is 92.1 cm³/mol. The first-order chi connectivity index (χ1) is 11.5. The predicted octanol–water partition coefficient (Wildman–Crippen LogP) is 2.54. The quantitative estimate of drug-likeness (QED) is 0.903. The fourth-order valence-electron chi connectivity index (χ4n) is 2.82. The van der Waals surface area contributed by atoms with Crippen LogP contribution in [0.5, 0.6) is 11.5 Å². The molecule has 0 saturated heterocycles. The first-order valence-electron chi connectivity index (χ1n) is 7.93. The van der Waals surface area contributed by atoms with Gasteiger partial charge in [-0.1, -0.05) is 31.2 Å². The van der Waals surface area contributed by atoms with Crippen LogP contribution >= 0.6 is 0 Å². The Morgan fingerprint density at radius 1 is 1.21 bits per heavy atom. The highest BCUT2D eigenvalue weighted by Gasteiger charge is 2.27. The summed E-state index contributed by atoms with van der Waals surface area (Å²) in [5.74, 6) is 1.37. The van der Waals surface area contributed by atoms with E-state index in [1.54, 1.807) is 19.2 Å². The van der Waals surface area contributed by atoms with Crippen molar-refractivity contribution in [1.82, 2.24) is 4.72 Å². The van der Waals surface area contributed by atoms with Gasteiger partial charge in [0.25, 0.3) is 0 Å². The molecule has 1 N–H and O–H groups in total. The number of benzene rings is 2.